The first kappa shape index (κ1) is 13.0. The molecule has 0 amide bonds. The van der Waals surface area contributed by atoms with Crippen LogP contribution in [-0.2, 0) is 0 Å². The van der Waals surface area contributed by atoms with Crippen molar-refractivity contribution in [2.24, 2.45) is 0 Å². The molecule has 0 radical (unpaired) electrons. The van der Waals surface area contributed by atoms with Gasteiger partial charge in [0, 0.05) is 24.2 Å². The quantitative estimate of drug-likeness (QED) is 0.850. The highest BCUT2D eigenvalue weighted by atomic mass is 16.1. The van der Waals surface area contributed by atoms with Crippen LogP contribution in [-0.4, -0.2) is 9.97 Å². The third-order valence-corrected chi connectivity index (χ3v) is 2.83. The van der Waals surface area contributed by atoms with E-state index in [0.717, 1.165) is 16.5 Å². The fraction of sp³-hybridized carbons (Fsp3) is 0.125. The lowest BCUT2D eigenvalue weighted by atomic mass is 10.0. The summed E-state index contributed by atoms with van der Waals surface area (Å²) in [5.41, 5.74) is 1.93. The third-order valence-electron chi connectivity index (χ3n) is 2.83. The maximum absolute atomic E-state index is 11.8. The molecule has 19 heavy (non-hydrogen) atoms. The van der Waals surface area contributed by atoms with Crippen molar-refractivity contribution in [1.82, 2.24) is 9.97 Å². The van der Waals surface area contributed by atoms with Crippen molar-refractivity contribution >= 4 is 16.3 Å². The summed E-state index contributed by atoms with van der Waals surface area (Å²) >= 11 is 0. The van der Waals surface area contributed by atoms with E-state index in [9.17, 15) is 4.79 Å². The molecule has 0 unspecified atom stereocenters. The second kappa shape index (κ2) is 5.96. The number of rotatable bonds is 3. The summed E-state index contributed by atoms with van der Waals surface area (Å²) in [5.74, 6) is 0. The predicted molar refractivity (Wildman–Crippen MR) is 80.0 cm³/mol. The molecule has 3 heteroatoms. The van der Waals surface area contributed by atoms with Crippen LogP contribution in [0.15, 0.2) is 59.8 Å². The predicted octanol–water partition coefficient (Wildman–Crippen LogP) is 3.46. The highest BCUT2D eigenvalue weighted by molar-refractivity contribution is 5.94. The van der Waals surface area contributed by atoms with Crippen molar-refractivity contribution in [1.29, 1.82) is 0 Å². The first-order valence-electron chi connectivity index (χ1n) is 6.19. The lowest BCUT2D eigenvalue weighted by molar-refractivity contribution is 1.25. The number of pyridine rings is 2. The number of nitrogens with zero attached hydrogens (tertiary/aromatic N) is 1. The minimum atomic E-state index is -0.113. The Morgan fingerprint density at radius 2 is 2.11 bits per heavy atom. The molecule has 2 heterocycles. The summed E-state index contributed by atoms with van der Waals surface area (Å²) in [6.07, 6.45) is 15.0. The number of H-pyrrole nitrogens is 1. The number of hydrogen-bond donors (Lipinski definition) is 1. The van der Waals surface area contributed by atoms with E-state index in [2.05, 4.69) is 9.97 Å². The minimum Gasteiger partial charge on any atom is -0.328 e. The van der Waals surface area contributed by atoms with Gasteiger partial charge in [0.05, 0.1) is 5.39 Å². The van der Waals surface area contributed by atoms with Crippen molar-refractivity contribution < 1.29 is 0 Å². The van der Waals surface area contributed by atoms with Gasteiger partial charge in [0.25, 0.3) is 5.56 Å². The van der Waals surface area contributed by atoms with Crippen LogP contribution in [0.3, 0.4) is 0 Å². The largest absolute Gasteiger partial charge is 0.328 e. The molecular formula is C16H16N2O. The maximum Gasteiger partial charge on any atom is 0.257 e. The van der Waals surface area contributed by atoms with Gasteiger partial charge in [-0.05, 0) is 30.9 Å². The van der Waals surface area contributed by atoms with Gasteiger partial charge in [-0.1, -0.05) is 30.4 Å². The number of aromatic amines is 1. The van der Waals surface area contributed by atoms with Gasteiger partial charge >= 0.3 is 0 Å². The van der Waals surface area contributed by atoms with E-state index in [0.29, 0.717) is 5.39 Å². The average Bonchev–Trinajstić information content (AvgIpc) is 2.45. The molecule has 0 aliphatic carbocycles. The Balaban J connectivity index is 2.74. The van der Waals surface area contributed by atoms with Gasteiger partial charge < -0.3 is 4.98 Å². The van der Waals surface area contributed by atoms with Crippen molar-refractivity contribution in [2.45, 2.75) is 13.8 Å². The molecule has 0 aliphatic rings. The fourth-order valence-electron chi connectivity index (χ4n) is 1.96. The minimum absolute atomic E-state index is 0.113. The average molecular weight is 252 g/mol. The van der Waals surface area contributed by atoms with Crippen LogP contribution in [0.2, 0.25) is 0 Å². The van der Waals surface area contributed by atoms with Gasteiger partial charge in [-0.2, -0.15) is 0 Å². The van der Waals surface area contributed by atoms with Crippen LogP contribution in [0.25, 0.3) is 16.3 Å². The van der Waals surface area contributed by atoms with Gasteiger partial charge in [-0.15, -0.1) is 0 Å². The summed E-state index contributed by atoms with van der Waals surface area (Å²) in [6, 6.07) is 1.87. The van der Waals surface area contributed by atoms with E-state index < -0.39 is 0 Å². The Labute approximate surface area is 112 Å². The zero-order valence-electron chi connectivity index (χ0n) is 11.1. The first-order valence-corrected chi connectivity index (χ1v) is 6.19. The fourth-order valence-corrected chi connectivity index (χ4v) is 1.96. The Hall–Kier alpha value is -2.42. The van der Waals surface area contributed by atoms with E-state index in [1.807, 2.05) is 50.3 Å². The monoisotopic (exact) mass is 252 g/mol. The van der Waals surface area contributed by atoms with E-state index >= 15 is 0 Å². The summed E-state index contributed by atoms with van der Waals surface area (Å²) in [5, 5.41) is 1.52. The summed E-state index contributed by atoms with van der Waals surface area (Å²) in [4.78, 5) is 18.6. The van der Waals surface area contributed by atoms with Crippen LogP contribution in [0.1, 0.15) is 19.4 Å². The van der Waals surface area contributed by atoms with E-state index in [1.54, 1.807) is 18.6 Å². The van der Waals surface area contributed by atoms with Crippen LogP contribution >= 0.6 is 0 Å². The topological polar surface area (TPSA) is 45.8 Å². The van der Waals surface area contributed by atoms with Crippen LogP contribution in [0, 0.1) is 0 Å². The zero-order valence-corrected chi connectivity index (χ0v) is 11.1. The molecule has 2 rings (SSSR count). The highest BCUT2D eigenvalue weighted by Crippen LogP contribution is 2.22. The molecule has 0 aliphatic heterocycles. The highest BCUT2D eigenvalue weighted by Gasteiger charge is 2.06. The number of nitrogens with one attached hydrogen (secondary N) is 1. The molecule has 0 spiro atoms. The smallest absolute Gasteiger partial charge is 0.257 e. The van der Waals surface area contributed by atoms with Crippen molar-refractivity contribution in [3.05, 3.63) is 71.0 Å². The Morgan fingerprint density at radius 3 is 2.84 bits per heavy atom. The van der Waals surface area contributed by atoms with E-state index in [4.69, 9.17) is 0 Å². The van der Waals surface area contributed by atoms with E-state index in [1.165, 1.54) is 0 Å². The summed E-state index contributed by atoms with van der Waals surface area (Å²) in [7, 11) is 0. The van der Waals surface area contributed by atoms with Crippen LogP contribution in [0.4, 0.5) is 0 Å². The van der Waals surface area contributed by atoms with Gasteiger partial charge in [0.2, 0.25) is 0 Å². The van der Waals surface area contributed by atoms with Crippen molar-refractivity contribution in [2.75, 3.05) is 0 Å². The summed E-state index contributed by atoms with van der Waals surface area (Å²) in [6.45, 7) is 3.94. The Bertz CT molecular complexity index is 721. The molecule has 0 fully saturated rings. The van der Waals surface area contributed by atoms with Gasteiger partial charge in [-0.25, -0.2) is 0 Å². The molecule has 2 aromatic heterocycles. The molecule has 0 saturated carbocycles. The molecule has 0 aromatic carbocycles. The molecule has 1 N–H and O–H groups in total. The lowest BCUT2D eigenvalue weighted by Gasteiger charge is -2.06. The molecule has 0 bridgehead atoms. The SMILES string of the molecule is C\C=C/C=C(\C=C/C)c1c[nH]c(=O)c2cnccc12. The number of hydrogen-bond acceptors (Lipinski definition) is 2. The summed E-state index contributed by atoms with van der Waals surface area (Å²) < 4.78 is 0. The molecule has 96 valence electrons. The lowest BCUT2D eigenvalue weighted by Crippen LogP contribution is -2.07. The van der Waals surface area contributed by atoms with Gasteiger partial charge in [-0.3, -0.25) is 9.78 Å². The standard InChI is InChI=1S/C16H16N2O/c1-3-5-7-12(6-4-2)14-11-18-16(19)15-10-17-9-8-13(14)15/h3-11H,1-2H3,(H,18,19)/b5-3-,6-4-,12-7+. The van der Waals surface area contributed by atoms with Crippen molar-refractivity contribution in [3.63, 3.8) is 0 Å². The number of allylic oxidation sites excluding steroid dienone is 6. The normalized spacial score (nSPS) is 12.8. The number of fused-ring (bicyclic) bond motifs is 1. The Morgan fingerprint density at radius 1 is 1.26 bits per heavy atom. The molecule has 0 saturated heterocycles. The first-order chi connectivity index (χ1) is 9.27. The third kappa shape index (κ3) is 2.71. The molecule has 2 aromatic rings. The van der Waals surface area contributed by atoms with Crippen LogP contribution < -0.4 is 5.56 Å². The maximum atomic E-state index is 11.8. The molecule has 0 atom stereocenters. The number of aromatic nitrogens is 2. The molecular weight excluding hydrogens is 236 g/mol. The Kier molecular flexibility index (Phi) is 4.08. The molecule has 3 nitrogen and oxygen atoms in total. The second-order valence-corrected chi connectivity index (χ2v) is 4.10. The van der Waals surface area contributed by atoms with E-state index in [-0.39, 0.29) is 5.56 Å². The second-order valence-electron chi connectivity index (χ2n) is 4.10. The van der Waals surface area contributed by atoms with Gasteiger partial charge in [0.1, 0.15) is 0 Å². The zero-order chi connectivity index (χ0) is 13.7. The van der Waals surface area contributed by atoms with Crippen molar-refractivity contribution in [3.8, 4) is 0 Å². The van der Waals surface area contributed by atoms with Crippen LogP contribution in [0.5, 0.6) is 0 Å². The van der Waals surface area contributed by atoms with Gasteiger partial charge in [0.15, 0.2) is 0 Å².